The Hall–Kier alpha value is -2.88. The smallest absolute Gasteiger partial charge is 0.339 e. The highest BCUT2D eigenvalue weighted by atomic mass is 32.2. The first kappa shape index (κ1) is 20.4. The van der Waals surface area contributed by atoms with Crippen LogP contribution in [-0.4, -0.2) is 44.9 Å². The lowest BCUT2D eigenvalue weighted by atomic mass is 10.1. The molecule has 8 nitrogen and oxygen atoms in total. The molecule has 3 N–H and O–H groups in total. The molecule has 1 atom stereocenters. The second-order valence-electron chi connectivity index (χ2n) is 7.41. The number of nitrogens with zero attached hydrogens (tertiary/aromatic N) is 1. The molecule has 0 aliphatic carbocycles. The average molecular weight is 429 g/mol. The van der Waals surface area contributed by atoms with Crippen molar-refractivity contribution in [3.63, 3.8) is 0 Å². The maximum absolute atomic E-state index is 13.0. The number of hydrogen-bond acceptors (Lipinski definition) is 7. The summed E-state index contributed by atoms with van der Waals surface area (Å²) in [5.41, 5.74) is 6.75. The summed E-state index contributed by atoms with van der Waals surface area (Å²) in [6.45, 7) is 5.23. The summed E-state index contributed by atoms with van der Waals surface area (Å²) in [6.07, 6.45) is 1.54. The van der Waals surface area contributed by atoms with E-state index in [2.05, 4.69) is 17.1 Å². The Labute approximate surface area is 174 Å². The van der Waals surface area contributed by atoms with E-state index in [1.165, 1.54) is 24.5 Å². The maximum Gasteiger partial charge on any atom is 0.339 e. The van der Waals surface area contributed by atoms with E-state index in [1.807, 2.05) is 0 Å². The largest absolute Gasteiger partial charge is 0.464 e. The summed E-state index contributed by atoms with van der Waals surface area (Å²) < 4.78 is 36.9. The molecular formula is C21H23N3O5S. The first-order valence-electron chi connectivity index (χ1n) is 9.62. The molecule has 1 saturated heterocycles. The molecular weight excluding hydrogens is 406 g/mol. The number of piperazine rings is 1. The van der Waals surface area contributed by atoms with Gasteiger partial charge < -0.3 is 19.7 Å². The van der Waals surface area contributed by atoms with Gasteiger partial charge in [-0.15, -0.1) is 0 Å². The van der Waals surface area contributed by atoms with Gasteiger partial charge in [0, 0.05) is 43.2 Å². The molecule has 1 amide bonds. The van der Waals surface area contributed by atoms with E-state index in [9.17, 15) is 13.2 Å². The van der Waals surface area contributed by atoms with Crippen LogP contribution in [0, 0.1) is 0 Å². The van der Waals surface area contributed by atoms with Gasteiger partial charge in [-0.3, -0.25) is 9.69 Å². The number of para-hydroxylation sites is 1. The number of carbonyl (C=O) groups excluding carboxylic acids is 1. The normalized spacial score (nSPS) is 17.8. The molecule has 1 aliphatic rings. The first-order valence-corrected chi connectivity index (χ1v) is 11.0. The molecule has 0 bridgehead atoms. The Bertz CT molecular complexity index is 1190. The Balaban J connectivity index is 1.69. The van der Waals surface area contributed by atoms with Crippen LogP contribution < -0.4 is 15.2 Å². The number of benzene rings is 2. The van der Waals surface area contributed by atoms with Crippen LogP contribution in [0.2, 0.25) is 0 Å². The molecule has 1 aliphatic heterocycles. The van der Waals surface area contributed by atoms with Crippen LogP contribution >= 0.6 is 0 Å². The molecule has 30 heavy (non-hydrogen) atoms. The number of fused-ring (bicyclic) bond motifs is 1. The molecule has 3 aromatic rings. The predicted molar refractivity (Wildman–Crippen MR) is 112 cm³/mol. The molecule has 0 saturated carbocycles. The predicted octanol–water partition coefficient (Wildman–Crippen LogP) is 2.09. The zero-order valence-corrected chi connectivity index (χ0v) is 17.3. The van der Waals surface area contributed by atoms with Crippen LogP contribution in [0.15, 0.2) is 58.0 Å². The van der Waals surface area contributed by atoms with Gasteiger partial charge in [0.1, 0.15) is 10.5 Å². The highest BCUT2D eigenvalue weighted by Crippen LogP contribution is 2.29. The molecule has 4 rings (SSSR count). The van der Waals surface area contributed by atoms with Crippen LogP contribution in [0.3, 0.4) is 0 Å². The third kappa shape index (κ3) is 4.18. The van der Waals surface area contributed by atoms with Crippen LogP contribution in [0.25, 0.3) is 11.0 Å². The maximum atomic E-state index is 13.0. The first-order chi connectivity index (χ1) is 14.3. The Morgan fingerprint density at radius 1 is 1.30 bits per heavy atom. The average Bonchev–Trinajstić information content (AvgIpc) is 3.17. The second kappa shape index (κ2) is 8.10. The van der Waals surface area contributed by atoms with Crippen molar-refractivity contribution in [1.82, 2.24) is 10.2 Å². The van der Waals surface area contributed by atoms with Gasteiger partial charge in [-0.25, -0.2) is 0 Å². The van der Waals surface area contributed by atoms with Crippen molar-refractivity contribution in [2.45, 2.75) is 24.4 Å². The fraction of sp³-hybridized carbons (Fsp3) is 0.286. The highest BCUT2D eigenvalue weighted by molar-refractivity contribution is 7.87. The number of amides is 1. The monoisotopic (exact) mass is 429 g/mol. The molecule has 0 unspecified atom stereocenters. The summed E-state index contributed by atoms with van der Waals surface area (Å²) in [5, 5.41) is 4.06. The van der Waals surface area contributed by atoms with Crippen molar-refractivity contribution in [3.05, 3.63) is 59.9 Å². The molecule has 0 radical (unpaired) electrons. The minimum absolute atomic E-state index is 0.000456. The van der Waals surface area contributed by atoms with Crippen LogP contribution in [0.4, 0.5) is 0 Å². The Kier molecular flexibility index (Phi) is 5.50. The third-order valence-corrected chi connectivity index (χ3v) is 6.30. The number of primary amides is 1. The molecule has 0 spiro atoms. The molecule has 1 fully saturated rings. The molecule has 158 valence electrons. The van der Waals surface area contributed by atoms with Crippen molar-refractivity contribution < 1.29 is 21.8 Å². The minimum Gasteiger partial charge on any atom is -0.464 e. The van der Waals surface area contributed by atoms with Gasteiger partial charge in [-0.1, -0.05) is 12.1 Å². The van der Waals surface area contributed by atoms with Crippen molar-refractivity contribution in [2.75, 3.05) is 19.6 Å². The van der Waals surface area contributed by atoms with Gasteiger partial charge in [-0.2, -0.15) is 8.42 Å². The summed E-state index contributed by atoms with van der Waals surface area (Å²) >= 11 is 0. The van der Waals surface area contributed by atoms with Crippen molar-refractivity contribution in [3.8, 4) is 5.75 Å². The Morgan fingerprint density at radius 3 is 2.87 bits per heavy atom. The molecule has 1 aromatic heterocycles. The number of carbonyl (C=O) groups is 1. The van der Waals surface area contributed by atoms with E-state index < -0.39 is 16.0 Å². The number of rotatable bonds is 6. The summed E-state index contributed by atoms with van der Waals surface area (Å²) in [7, 11) is -4.19. The highest BCUT2D eigenvalue weighted by Gasteiger charge is 2.24. The number of furan rings is 1. The zero-order valence-electron chi connectivity index (χ0n) is 16.5. The molecule has 2 heterocycles. The van der Waals surface area contributed by atoms with E-state index in [1.54, 1.807) is 24.3 Å². The van der Waals surface area contributed by atoms with Gasteiger partial charge in [-0.05, 0) is 37.3 Å². The number of hydrogen-bond donors (Lipinski definition) is 2. The lowest BCUT2D eigenvalue weighted by Crippen LogP contribution is -2.48. The van der Waals surface area contributed by atoms with Gasteiger partial charge >= 0.3 is 10.1 Å². The summed E-state index contributed by atoms with van der Waals surface area (Å²) in [6, 6.07) is 11.1. The molecule has 2 aromatic carbocycles. The molecule has 9 heteroatoms. The number of nitrogens with one attached hydrogen (secondary N) is 1. The fourth-order valence-corrected chi connectivity index (χ4v) is 4.73. The third-order valence-electron chi connectivity index (χ3n) is 5.09. The lowest BCUT2D eigenvalue weighted by Gasteiger charge is -2.31. The second-order valence-corrected chi connectivity index (χ2v) is 8.96. The lowest BCUT2D eigenvalue weighted by molar-refractivity contribution is 0.0999. The standard InChI is InChI=1S/C21H23N3O5S/c1-14-12-24(8-7-23-14)13-16-11-17(10-15-6-9-28-20(15)16)30(26,27)29-19-5-3-2-4-18(19)21(22)25/h2-6,9-11,14,23H,7-8,12-13H2,1H3,(H2,22,25)/t14-/m0/s1. The van der Waals surface area contributed by atoms with Gasteiger partial charge in [0.15, 0.2) is 5.75 Å². The summed E-state index contributed by atoms with van der Waals surface area (Å²) in [5.74, 6) is -0.866. The van der Waals surface area contributed by atoms with Gasteiger partial charge in [0.2, 0.25) is 0 Å². The quantitative estimate of drug-likeness (QED) is 0.577. The van der Waals surface area contributed by atoms with Crippen molar-refractivity contribution in [1.29, 1.82) is 0 Å². The van der Waals surface area contributed by atoms with E-state index >= 15 is 0 Å². The van der Waals surface area contributed by atoms with E-state index in [4.69, 9.17) is 14.3 Å². The fourth-order valence-electron chi connectivity index (χ4n) is 3.69. The topological polar surface area (TPSA) is 115 Å². The Morgan fingerprint density at radius 2 is 2.10 bits per heavy atom. The number of nitrogens with two attached hydrogens (primary N) is 1. The van der Waals surface area contributed by atoms with E-state index in [-0.39, 0.29) is 16.2 Å². The summed E-state index contributed by atoms with van der Waals surface area (Å²) in [4.78, 5) is 13.9. The van der Waals surface area contributed by atoms with Crippen LogP contribution in [0.5, 0.6) is 5.75 Å². The van der Waals surface area contributed by atoms with Crippen molar-refractivity contribution >= 4 is 27.0 Å². The van der Waals surface area contributed by atoms with E-state index in [0.29, 0.717) is 23.6 Å². The SMILES string of the molecule is C[C@H]1CN(Cc2cc(S(=O)(=O)Oc3ccccc3C(N)=O)cc3ccoc23)CCN1. The van der Waals surface area contributed by atoms with Crippen molar-refractivity contribution in [2.24, 2.45) is 5.73 Å². The van der Waals surface area contributed by atoms with Gasteiger partial charge in [0.05, 0.1) is 11.8 Å². The van der Waals surface area contributed by atoms with Crippen LogP contribution in [0.1, 0.15) is 22.8 Å². The zero-order chi connectivity index (χ0) is 21.3. The van der Waals surface area contributed by atoms with Gasteiger partial charge in [0.25, 0.3) is 5.91 Å². The minimum atomic E-state index is -4.19. The van der Waals surface area contributed by atoms with E-state index in [0.717, 1.165) is 25.2 Å². The van der Waals surface area contributed by atoms with Crippen LogP contribution in [-0.2, 0) is 16.7 Å².